The highest BCUT2D eigenvalue weighted by Crippen LogP contribution is 2.20. The number of hydrogen-bond donors (Lipinski definition) is 0. The van der Waals surface area contributed by atoms with E-state index in [2.05, 4.69) is 25.7 Å². The molecule has 2 amide bonds. The maximum Gasteiger partial charge on any atom is 0.233 e. The predicted molar refractivity (Wildman–Crippen MR) is 131 cm³/mol. The van der Waals surface area contributed by atoms with Gasteiger partial charge in [-0.05, 0) is 35.7 Å². The number of nitrogens with zero attached hydrogens (tertiary/aromatic N) is 3. The SMILES string of the molecule is CC(C)C.COc1ccc(N2CCN(C(=O)CCN(C=O)OCc3ccccc3)CC2)cc1. The summed E-state index contributed by atoms with van der Waals surface area (Å²) in [4.78, 5) is 33.3. The molecule has 1 saturated heterocycles. The van der Waals surface area contributed by atoms with Gasteiger partial charge in [-0.15, -0.1) is 0 Å². The Balaban J connectivity index is 0.000000890. The van der Waals surface area contributed by atoms with Crippen molar-refractivity contribution in [3.8, 4) is 5.75 Å². The van der Waals surface area contributed by atoms with Gasteiger partial charge >= 0.3 is 0 Å². The van der Waals surface area contributed by atoms with E-state index in [0.29, 0.717) is 26.1 Å². The first-order chi connectivity index (χ1) is 15.9. The lowest BCUT2D eigenvalue weighted by Gasteiger charge is -2.36. The number of methoxy groups -OCH3 is 1. The molecule has 1 heterocycles. The van der Waals surface area contributed by atoms with E-state index in [1.807, 2.05) is 59.5 Å². The lowest BCUT2D eigenvalue weighted by Crippen LogP contribution is -2.49. The van der Waals surface area contributed by atoms with Crippen LogP contribution < -0.4 is 9.64 Å². The average Bonchev–Trinajstić information content (AvgIpc) is 2.84. The van der Waals surface area contributed by atoms with Crippen molar-refractivity contribution in [3.63, 3.8) is 0 Å². The molecule has 0 atom stereocenters. The fourth-order valence-corrected chi connectivity index (χ4v) is 3.25. The van der Waals surface area contributed by atoms with Crippen LogP contribution in [0.5, 0.6) is 5.75 Å². The van der Waals surface area contributed by atoms with Gasteiger partial charge in [-0.25, -0.2) is 5.06 Å². The first kappa shape index (κ1) is 26.2. The van der Waals surface area contributed by atoms with Gasteiger partial charge in [0.05, 0.1) is 13.7 Å². The van der Waals surface area contributed by atoms with E-state index in [4.69, 9.17) is 9.57 Å². The Labute approximate surface area is 197 Å². The molecule has 1 aliphatic rings. The lowest BCUT2D eigenvalue weighted by molar-refractivity contribution is -0.178. The molecule has 0 aliphatic carbocycles. The van der Waals surface area contributed by atoms with Gasteiger partial charge in [-0.2, -0.15) is 0 Å². The normalized spacial score (nSPS) is 13.2. The molecule has 0 unspecified atom stereocenters. The van der Waals surface area contributed by atoms with Crippen molar-refractivity contribution in [2.45, 2.75) is 33.8 Å². The number of anilines is 1. The Morgan fingerprint density at radius 2 is 1.61 bits per heavy atom. The molecule has 0 spiro atoms. The van der Waals surface area contributed by atoms with Crippen molar-refractivity contribution >= 4 is 18.0 Å². The summed E-state index contributed by atoms with van der Waals surface area (Å²) in [6.45, 7) is 9.93. The fourth-order valence-electron chi connectivity index (χ4n) is 3.25. The molecule has 0 radical (unpaired) electrons. The number of benzene rings is 2. The third-order valence-corrected chi connectivity index (χ3v) is 4.97. The Morgan fingerprint density at radius 1 is 1.00 bits per heavy atom. The molecule has 1 fully saturated rings. The van der Waals surface area contributed by atoms with Crippen LogP contribution in [0.1, 0.15) is 32.8 Å². The van der Waals surface area contributed by atoms with Crippen LogP contribution >= 0.6 is 0 Å². The number of rotatable bonds is 9. The molecule has 0 bridgehead atoms. The van der Waals surface area contributed by atoms with Gasteiger partial charge in [0.25, 0.3) is 0 Å². The highest BCUT2D eigenvalue weighted by Gasteiger charge is 2.21. The molecule has 1 aliphatic heterocycles. The maximum atomic E-state index is 12.5. The zero-order valence-corrected chi connectivity index (χ0v) is 20.3. The Bertz CT molecular complexity index is 816. The Morgan fingerprint density at radius 3 is 2.15 bits per heavy atom. The third kappa shape index (κ3) is 9.53. The topological polar surface area (TPSA) is 62.3 Å². The molecule has 7 heteroatoms. The van der Waals surface area contributed by atoms with Gasteiger partial charge in [0, 0.05) is 38.3 Å². The van der Waals surface area contributed by atoms with E-state index in [1.165, 1.54) is 5.06 Å². The molecule has 180 valence electrons. The van der Waals surface area contributed by atoms with Crippen LogP contribution in [0.15, 0.2) is 54.6 Å². The fraction of sp³-hybridized carbons (Fsp3) is 0.462. The van der Waals surface area contributed by atoms with Crippen LogP contribution in [0.4, 0.5) is 5.69 Å². The van der Waals surface area contributed by atoms with Crippen molar-refractivity contribution in [1.29, 1.82) is 0 Å². The largest absolute Gasteiger partial charge is 0.497 e. The van der Waals surface area contributed by atoms with Crippen molar-refractivity contribution in [2.24, 2.45) is 5.92 Å². The summed E-state index contributed by atoms with van der Waals surface area (Å²) in [5.74, 6) is 1.70. The monoisotopic (exact) mass is 455 g/mol. The molecule has 3 rings (SSSR count). The van der Waals surface area contributed by atoms with Crippen LogP contribution in [0.2, 0.25) is 0 Å². The first-order valence-electron chi connectivity index (χ1n) is 11.5. The smallest absolute Gasteiger partial charge is 0.233 e. The van der Waals surface area contributed by atoms with Crippen molar-refractivity contribution < 1.29 is 19.2 Å². The summed E-state index contributed by atoms with van der Waals surface area (Å²) >= 11 is 0. The quantitative estimate of drug-likeness (QED) is 0.423. The van der Waals surface area contributed by atoms with Crippen LogP contribution in [-0.4, -0.2) is 62.1 Å². The van der Waals surface area contributed by atoms with E-state index in [-0.39, 0.29) is 18.9 Å². The minimum absolute atomic E-state index is 0.0366. The number of carbonyl (C=O) groups is 2. The number of hydroxylamine groups is 2. The Kier molecular flexibility index (Phi) is 11.2. The zero-order chi connectivity index (χ0) is 24.1. The summed E-state index contributed by atoms with van der Waals surface area (Å²) in [6, 6.07) is 17.6. The molecule has 2 aromatic rings. The van der Waals surface area contributed by atoms with E-state index in [1.54, 1.807) is 7.11 Å². The molecule has 0 N–H and O–H groups in total. The van der Waals surface area contributed by atoms with Gasteiger partial charge in [-0.1, -0.05) is 51.1 Å². The molecule has 33 heavy (non-hydrogen) atoms. The highest BCUT2D eigenvalue weighted by atomic mass is 16.7. The standard InChI is InChI=1S/C22H27N3O4.C4H10/c1-28-21-9-7-20(8-10-21)23-13-15-24(16-14-23)22(27)11-12-25(18-26)29-17-19-5-3-2-4-6-19;1-4(2)3/h2-10,18H,11-17H2,1H3;4H,1-3H3. The number of amides is 2. The number of ether oxygens (including phenoxy) is 1. The van der Waals surface area contributed by atoms with Crippen LogP contribution in [0.25, 0.3) is 0 Å². The van der Waals surface area contributed by atoms with Gasteiger partial charge in [0.15, 0.2) is 0 Å². The Hall–Kier alpha value is -3.06. The minimum atomic E-state index is 0.0366. The number of hydrogen-bond acceptors (Lipinski definition) is 5. The summed E-state index contributed by atoms with van der Waals surface area (Å²) in [5.41, 5.74) is 2.10. The van der Waals surface area contributed by atoms with Crippen molar-refractivity contribution in [2.75, 3.05) is 44.7 Å². The summed E-state index contributed by atoms with van der Waals surface area (Å²) in [6.07, 6.45) is 0.869. The molecule has 2 aromatic carbocycles. The number of carbonyl (C=O) groups excluding carboxylic acids is 2. The van der Waals surface area contributed by atoms with Crippen molar-refractivity contribution in [1.82, 2.24) is 9.96 Å². The van der Waals surface area contributed by atoms with E-state index in [9.17, 15) is 9.59 Å². The van der Waals surface area contributed by atoms with E-state index >= 15 is 0 Å². The second kappa shape index (κ2) is 14.2. The van der Waals surface area contributed by atoms with Crippen LogP contribution in [0.3, 0.4) is 0 Å². The highest BCUT2D eigenvalue weighted by molar-refractivity contribution is 5.77. The maximum absolute atomic E-state index is 12.5. The third-order valence-electron chi connectivity index (χ3n) is 4.97. The van der Waals surface area contributed by atoms with Gasteiger partial charge < -0.3 is 14.5 Å². The minimum Gasteiger partial charge on any atom is -0.497 e. The summed E-state index contributed by atoms with van der Waals surface area (Å²) < 4.78 is 5.19. The molecule has 0 aromatic heterocycles. The first-order valence-corrected chi connectivity index (χ1v) is 11.5. The average molecular weight is 456 g/mol. The second-order valence-electron chi connectivity index (χ2n) is 8.55. The summed E-state index contributed by atoms with van der Waals surface area (Å²) in [5, 5.41) is 1.19. The van der Waals surface area contributed by atoms with E-state index in [0.717, 1.165) is 36.0 Å². The van der Waals surface area contributed by atoms with Crippen molar-refractivity contribution in [3.05, 3.63) is 60.2 Å². The molecule has 7 nitrogen and oxygen atoms in total. The molecular formula is C26H37N3O4. The molecular weight excluding hydrogens is 418 g/mol. The van der Waals surface area contributed by atoms with Gasteiger partial charge in [-0.3, -0.25) is 14.4 Å². The lowest BCUT2D eigenvalue weighted by atomic mass is 10.2. The predicted octanol–water partition coefficient (Wildman–Crippen LogP) is 3.99. The van der Waals surface area contributed by atoms with E-state index < -0.39 is 0 Å². The van der Waals surface area contributed by atoms with Gasteiger partial charge in [0.2, 0.25) is 12.3 Å². The second-order valence-corrected chi connectivity index (χ2v) is 8.55. The summed E-state index contributed by atoms with van der Waals surface area (Å²) in [7, 11) is 1.65. The van der Waals surface area contributed by atoms with Crippen LogP contribution in [0, 0.1) is 5.92 Å². The zero-order valence-electron chi connectivity index (χ0n) is 20.3. The molecule has 0 saturated carbocycles. The van der Waals surface area contributed by atoms with Gasteiger partial charge in [0.1, 0.15) is 12.4 Å². The van der Waals surface area contributed by atoms with Crippen LogP contribution in [-0.2, 0) is 21.0 Å². The number of piperazine rings is 1.